The summed E-state index contributed by atoms with van der Waals surface area (Å²) in [7, 11) is 0. The maximum atomic E-state index is 2.41. The second kappa shape index (κ2) is 7.13. The summed E-state index contributed by atoms with van der Waals surface area (Å²) < 4.78 is 0. The molecule has 0 N–H and O–H groups in total. The molecule has 0 radical (unpaired) electrons. The highest BCUT2D eigenvalue weighted by molar-refractivity contribution is 5.40. The monoisotopic (exact) mass is 294 g/mol. The predicted octanol–water partition coefficient (Wildman–Crippen LogP) is 6.44. The number of hydrogen-bond acceptors (Lipinski definition) is 0. The highest BCUT2D eigenvalue weighted by Gasteiger charge is 2.30. The quantitative estimate of drug-likeness (QED) is 0.575. The average molecular weight is 294 g/mol. The van der Waals surface area contributed by atoms with Crippen LogP contribution in [0.5, 0.6) is 0 Å². The molecule has 0 saturated carbocycles. The third-order valence-electron chi connectivity index (χ3n) is 4.92. The Balaban J connectivity index is 2.43. The van der Waals surface area contributed by atoms with Gasteiger partial charge in [-0.15, -0.1) is 0 Å². The Hall–Kier alpha value is -1.56. The van der Waals surface area contributed by atoms with Crippen LogP contribution in [0, 0.1) is 19.8 Å². The van der Waals surface area contributed by atoms with E-state index in [4.69, 9.17) is 0 Å². The fourth-order valence-corrected chi connectivity index (χ4v) is 3.54. The Morgan fingerprint density at radius 1 is 0.818 bits per heavy atom. The number of aryl methyl sites for hydroxylation is 2. The molecule has 0 aromatic heterocycles. The minimum atomic E-state index is 0.0932. The van der Waals surface area contributed by atoms with Crippen LogP contribution in [0.25, 0.3) is 0 Å². The van der Waals surface area contributed by atoms with Crippen molar-refractivity contribution in [3.63, 3.8) is 0 Å². The first-order valence-electron chi connectivity index (χ1n) is 8.60. The molecule has 118 valence electrons. The smallest absolute Gasteiger partial charge is 0.0177 e. The van der Waals surface area contributed by atoms with Crippen LogP contribution in [0.1, 0.15) is 62.3 Å². The summed E-state index contributed by atoms with van der Waals surface area (Å²) in [4.78, 5) is 0. The van der Waals surface area contributed by atoms with Gasteiger partial charge in [0.25, 0.3) is 0 Å². The molecule has 2 aromatic rings. The van der Waals surface area contributed by atoms with Gasteiger partial charge in [0.15, 0.2) is 0 Å². The van der Waals surface area contributed by atoms with Crippen molar-refractivity contribution in [1.29, 1.82) is 0 Å². The minimum absolute atomic E-state index is 0.0932. The van der Waals surface area contributed by atoms with E-state index >= 15 is 0 Å². The largest absolute Gasteiger partial charge is 0.0654 e. The van der Waals surface area contributed by atoms with E-state index in [9.17, 15) is 0 Å². The molecule has 0 aliphatic rings. The van der Waals surface area contributed by atoms with Crippen molar-refractivity contribution in [2.45, 2.75) is 59.3 Å². The molecule has 22 heavy (non-hydrogen) atoms. The van der Waals surface area contributed by atoms with Crippen LogP contribution >= 0.6 is 0 Å². The van der Waals surface area contributed by atoms with Crippen molar-refractivity contribution in [2.24, 2.45) is 5.92 Å². The van der Waals surface area contributed by atoms with Gasteiger partial charge in [-0.3, -0.25) is 0 Å². The van der Waals surface area contributed by atoms with E-state index in [1.807, 2.05) is 0 Å². The molecule has 0 heterocycles. The van der Waals surface area contributed by atoms with E-state index in [1.165, 1.54) is 41.5 Å². The van der Waals surface area contributed by atoms with Gasteiger partial charge in [-0.25, -0.2) is 0 Å². The van der Waals surface area contributed by atoms with Crippen molar-refractivity contribution in [3.05, 3.63) is 70.8 Å². The zero-order chi connectivity index (χ0) is 16.2. The Kier molecular flexibility index (Phi) is 5.45. The molecule has 0 saturated heterocycles. The number of rotatable bonds is 6. The van der Waals surface area contributed by atoms with Crippen LogP contribution in [0.4, 0.5) is 0 Å². The molecule has 2 aromatic carbocycles. The zero-order valence-corrected chi connectivity index (χ0v) is 14.8. The average Bonchev–Trinajstić information content (AvgIpc) is 2.48. The molecule has 0 bridgehead atoms. The lowest BCUT2D eigenvalue weighted by Crippen LogP contribution is -2.26. The highest BCUT2D eigenvalue weighted by Crippen LogP contribution is 2.39. The topological polar surface area (TPSA) is 0 Å². The van der Waals surface area contributed by atoms with Crippen molar-refractivity contribution >= 4 is 0 Å². The van der Waals surface area contributed by atoms with Gasteiger partial charge >= 0.3 is 0 Å². The molecule has 0 aliphatic carbocycles. The minimum Gasteiger partial charge on any atom is -0.0654 e. The Labute approximate surface area is 136 Å². The van der Waals surface area contributed by atoms with E-state index in [1.54, 1.807) is 0 Å². The van der Waals surface area contributed by atoms with Gasteiger partial charge in [0.05, 0.1) is 0 Å². The third-order valence-corrected chi connectivity index (χ3v) is 4.92. The maximum Gasteiger partial charge on any atom is 0.0177 e. The van der Waals surface area contributed by atoms with Crippen LogP contribution in [-0.4, -0.2) is 0 Å². The van der Waals surface area contributed by atoms with E-state index in [-0.39, 0.29) is 5.41 Å². The zero-order valence-electron chi connectivity index (χ0n) is 14.8. The van der Waals surface area contributed by atoms with Gasteiger partial charge in [0.1, 0.15) is 0 Å². The van der Waals surface area contributed by atoms with Crippen LogP contribution in [0.3, 0.4) is 0 Å². The van der Waals surface area contributed by atoms with E-state index in [2.05, 4.69) is 83.1 Å². The molecule has 0 spiro atoms. The van der Waals surface area contributed by atoms with Crippen LogP contribution in [-0.2, 0) is 5.41 Å². The number of benzene rings is 2. The van der Waals surface area contributed by atoms with Crippen LogP contribution in [0.2, 0.25) is 0 Å². The van der Waals surface area contributed by atoms with Gasteiger partial charge in [0.2, 0.25) is 0 Å². The number of hydrogen-bond donors (Lipinski definition) is 0. The lowest BCUT2D eigenvalue weighted by molar-refractivity contribution is 0.382. The fourth-order valence-electron chi connectivity index (χ4n) is 3.54. The SMILES string of the molecule is CCCC(C)CC(C)(c1ccc(C)cc1)c1ccc(C)cc1. The van der Waals surface area contributed by atoms with E-state index in [0.29, 0.717) is 0 Å². The first-order chi connectivity index (χ1) is 10.5. The predicted molar refractivity (Wildman–Crippen MR) is 97.5 cm³/mol. The lowest BCUT2D eigenvalue weighted by atomic mass is 9.70. The van der Waals surface area contributed by atoms with Gasteiger partial charge in [-0.1, -0.05) is 93.3 Å². The van der Waals surface area contributed by atoms with Crippen molar-refractivity contribution < 1.29 is 0 Å². The molecule has 1 unspecified atom stereocenters. The molecule has 0 heteroatoms. The Morgan fingerprint density at radius 3 is 1.59 bits per heavy atom. The van der Waals surface area contributed by atoms with Crippen LogP contribution in [0.15, 0.2) is 48.5 Å². The molecule has 1 atom stereocenters. The standard InChI is InChI=1S/C22H30/c1-6-7-19(4)16-22(5,20-12-8-17(2)9-13-20)21-14-10-18(3)11-15-21/h8-15,19H,6-7,16H2,1-5H3. The Bertz CT molecular complexity index is 529. The summed E-state index contributed by atoms with van der Waals surface area (Å²) in [6.07, 6.45) is 3.76. The van der Waals surface area contributed by atoms with Gasteiger partial charge in [0, 0.05) is 5.41 Å². The van der Waals surface area contributed by atoms with Crippen LogP contribution < -0.4 is 0 Å². The molecule has 0 nitrogen and oxygen atoms in total. The highest BCUT2D eigenvalue weighted by atomic mass is 14.3. The Morgan fingerprint density at radius 2 is 1.23 bits per heavy atom. The molecule has 0 amide bonds. The first kappa shape index (κ1) is 16.8. The maximum absolute atomic E-state index is 2.41. The van der Waals surface area contributed by atoms with E-state index in [0.717, 1.165) is 5.92 Å². The fraction of sp³-hybridized carbons (Fsp3) is 0.455. The lowest BCUT2D eigenvalue weighted by Gasteiger charge is -2.34. The third kappa shape index (κ3) is 3.80. The van der Waals surface area contributed by atoms with Gasteiger partial charge < -0.3 is 0 Å². The normalized spacial score (nSPS) is 13.1. The first-order valence-corrected chi connectivity index (χ1v) is 8.60. The second-order valence-electron chi connectivity index (χ2n) is 7.16. The summed E-state index contributed by atoms with van der Waals surface area (Å²) in [5, 5.41) is 0. The van der Waals surface area contributed by atoms with Gasteiger partial charge in [-0.2, -0.15) is 0 Å². The summed E-state index contributed by atoms with van der Waals surface area (Å²) in [6.45, 7) is 11.4. The molecular formula is C22H30. The van der Waals surface area contributed by atoms with Gasteiger partial charge in [-0.05, 0) is 37.3 Å². The second-order valence-corrected chi connectivity index (χ2v) is 7.16. The summed E-state index contributed by atoms with van der Waals surface area (Å²) in [5.41, 5.74) is 5.62. The van der Waals surface area contributed by atoms with Crippen molar-refractivity contribution in [2.75, 3.05) is 0 Å². The summed E-state index contributed by atoms with van der Waals surface area (Å²) >= 11 is 0. The molecular weight excluding hydrogens is 264 g/mol. The van der Waals surface area contributed by atoms with Crippen molar-refractivity contribution in [3.8, 4) is 0 Å². The summed E-state index contributed by atoms with van der Waals surface area (Å²) in [5.74, 6) is 0.734. The van der Waals surface area contributed by atoms with E-state index < -0.39 is 0 Å². The molecule has 0 aliphatic heterocycles. The summed E-state index contributed by atoms with van der Waals surface area (Å²) in [6, 6.07) is 18.2. The van der Waals surface area contributed by atoms with Crippen molar-refractivity contribution in [1.82, 2.24) is 0 Å². The molecule has 0 fully saturated rings. The molecule has 2 rings (SSSR count).